The van der Waals surface area contributed by atoms with E-state index in [1.807, 2.05) is 24.3 Å². The average molecular weight is 307 g/mol. The molecule has 0 radical (unpaired) electrons. The van der Waals surface area contributed by atoms with Gasteiger partial charge in [-0.15, -0.1) is 0 Å². The number of rotatable bonds is 4. The van der Waals surface area contributed by atoms with Crippen LogP contribution in [0.5, 0.6) is 0 Å². The van der Waals surface area contributed by atoms with Crippen molar-refractivity contribution < 1.29 is 0 Å². The van der Waals surface area contributed by atoms with Crippen LogP contribution < -0.4 is 17.0 Å². The number of nitrogen functional groups attached to an aromatic ring is 1. The van der Waals surface area contributed by atoms with Crippen molar-refractivity contribution in [1.82, 2.24) is 10.4 Å². The molecule has 0 amide bonds. The Balaban J connectivity index is 2.23. The van der Waals surface area contributed by atoms with Crippen LogP contribution in [-0.4, -0.2) is 4.98 Å². The predicted molar refractivity (Wildman–Crippen MR) is 76.6 cm³/mol. The zero-order valence-corrected chi connectivity index (χ0v) is 11.4. The SMILES string of the molecule is NNC(Cc1cnccc1N)c1cccc(Br)c1. The van der Waals surface area contributed by atoms with Crippen molar-refractivity contribution in [2.75, 3.05) is 5.73 Å². The monoisotopic (exact) mass is 306 g/mol. The topological polar surface area (TPSA) is 77.0 Å². The summed E-state index contributed by atoms with van der Waals surface area (Å²) in [6.07, 6.45) is 4.16. The van der Waals surface area contributed by atoms with Gasteiger partial charge in [-0.25, -0.2) is 0 Å². The van der Waals surface area contributed by atoms with E-state index in [0.717, 1.165) is 21.3 Å². The van der Waals surface area contributed by atoms with E-state index >= 15 is 0 Å². The van der Waals surface area contributed by atoms with Crippen LogP contribution in [0, 0.1) is 0 Å². The van der Waals surface area contributed by atoms with Gasteiger partial charge in [-0.2, -0.15) is 0 Å². The minimum atomic E-state index is 0.00833. The van der Waals surface area contributed by atoms with Crippen molar-refractivity contribution in [3.8, 4) is 0 Å². The number of nitrogens with two attached hydrogens (primary N) is 2. The molecule has 0 aliphatic rings. The number of pyridine rings is 1. The lowest BCUT2D eigenvalue weighted by Crippen LogP contribution is -2.29. The first-order valence-corrected chi connectivity index (χ1v) is 6.40. The summed E-state index contributed by atoms with van der Waals surface area (Å²) < 4.78 is 1.03. The van der Waals surface area contributed by atoms with E-state index in [4.69, 9.17) is 11.6 Å². The van der Waals surface area contributed by atoms with Crippen LogP contribution in [0.15, 0.2) is 47.2 Å². The van der Waals surface area contributed by atoms with Crippen molar-refractivity contribution in [3.05, 3.63) is 58.3 Å². The molecule has 0 spiro atoms. The summed E-state index contributed by atoms with van der Waals surface area (Å²) in [5, 5.41) is 0. The van der Waals surface area contributed by atoms with Crippen LogP contribution >= 0.6 is 15.9 Å². The predicted octanol–water partition coefficient (Wildman–Crippen LogP) is 2.17. The lowest BCUT2D eigenvalue weighted by atomic mass is 10.00. The van der Waals surface area contributed by atoms with Gasteiger partial charge in [0.25, 0.3) is 0 Å². The van der Waals surface area contributed by atoms with E-state index < -0.39 is 0 Å². The van der Waals surface area contributed by atoms with E-state index in [2.05, 4.69) is 26.3 Å². The van der Waals surface area contributed by atoms with Gasteiger partial charge in [-0.1, -0.05) is 28.1 Å². The zero-order chi connectivity index (χ0) is 13.0. The molecule has 5 N–H and O–H groups in total. The highest BCUT2D eigenvalue weighted by Gasteiger charge is 2.12. The molecule has 0 fully saturated rings. The number of nitrogens with zero attached hydrogens (tertiary/aromatic N) is 1. The minimum Gasteiger partial charge on any atom is -0.398 e. The van der Waals surface area contributed by atoms with Gasteiger partial charge < -0.3 is 5.73 Å². The number of benzene rings is 1. The fourth-order valence-corrected chi connectivity index (χ4v) is 2.24. The molecule has 5 heteroatoms. The molecule has 94 valence electrons. The summed E-state index contributed by atoms with van der Waals surface area (Å²) in [7, 11) is 0. The lowest BCUT2D eigenvalue weighted by Gasteiger charge is -2.17. The molecule has 0 saturated carbocycles. The maximum Gasteiger partial charge on any atom is 0.0502 e. The van der Waals surface area contributed by atoms with Crippen molar-refractivity contribution in [2.45, 2.75) is 12.5 Å². The molecule has 0 saturated heterocycles. The first kappa shape index (κ1) is 13.0. The maximum absolute atomic E-state index is 5.91. The highest BCUT2D eigenvalue weighted by molar-refractivity contribution is 9.10. The van der Waals surface area contributed by atoms with Gasteiger partial charge in [0.2, 0.25) is 0 Å². The highest BCUT2D eigenvalue weighted by atomic mass is 79.9. The van der Waals surface area contributed by atoms with E-state index in [1.54, 1.807) is 18.5 Å². The molecule has 1 atom stereocenters. The number of hydrogen-bond acceptors (Lipinski definition) is 4. The summed E-state index contributed by atoms with van der Waals surface area (Å²) in [5.41, 5.74) is 11.6. The first-order chi connectivity index (χ1) is 8.70. The van der Waals surface area contributed by atoms with Gasteiger partial charge in [0.1, 0.15) is 0 Å². The van der Waals surface area contributed by atoms with Crippen LogP contribution in [0.3, 0.4) is 0 Å². The Morgan fingerprint density at radius 1 is 1.33 bits per heavy atom. The zero-order valence-electron chi connectivity index (χ0n) is 9.81. The molecular formula is C13H15BrN4. The Morgan fingerprint density at radius 3 is 2.83 bits per heavy atom. The Labute approximate surface area is 115 Å². The van der Waals surface area contributed by atoms with Crippen LogP contribution in [0.4, 0.5) is 5.69 Å². The quantitative estimate of drug-likeness (QED) is 0.597. The standard InChI is InChI=1S/C13H15BrN4/c14-11-3-1-2-9(6-11)13(18-16)7-10-8-17-5-4-12(10)15/h1-6,8,13,18H,7,16H2,(H2,15,17). The van der Waals surface area contributed by atoms with Crippen LogP contribution in [0.2, 0.25) is 0 Å². The summed E-state index contributed by atoms with van der Waals surface area (Å²) in [4.78, 5) is 4.09. The number of halogens is 1. The highest BCUT2D eigenvalue weighted by Crippen LogP contribution is 2.23. The molecule has 1 heterocycles. The largest absolute Gasteiger partial charge is 0.398 e. The molecule has 0 aliphatic heterocycles. The Bertz CT molecular complexity index is 530. The van der Waals surface area contributed by atoms with Gasteiger partial charge >= 0.3 is 0 Å². The Morgan fingerprint density at radius 2 is 2.17 bits per heavy atom. The van der Waals surface area contributed by atoms with Gasteiger partial charge in [0, 0.05) is 22.6 Å². The fourth-order valence-electron chi connectivity index (χ4n) is 1.82. The van der Waals surface area contributed by atoms with E-state index in [-0.39, 0.29) is 6.04 Å². The van der Waals surface area contributed by atoms with E-state index in [1.165, 1.54) is 0 Å². The molecule has 18 heavy (non-hydrogen) atoms. The molecule has 0 bridgehead atoms. The summed E-state index contributed by atoms with van der Waals surface area (Å²) in [6.45, 7) is 0. The Hall–Kier alpha value is -1.43. The van der Waals surface area contributed by atoms with E-state index in [9.17, 15) is 0 Å². The number of aromatic nitrogens is 1. The van der Waals surface area contributed by atoms with Gasteiger partial charge in [-0.05, 0) is 35.7 Å². The van der Waals surface area contributed by atoms with Gasteiger partial charge in [0.05, 0.1) is 6.04 Å². The normalized spacial score (nSPS) is 12.3. The second-order valence-electron chi connectivity index (χ2n) is 4.05. The molecule has 2 rings (SSSR count). The van der Waals surface area contributed by atoms with E-state index in [0.29, 0.717) is 6.42 Å². The molecular weight excluding hydrogens is 292 g/mol. The molecule has 1 unspecified atom stereocenters. The molecule has 1 aromatic carbocycles. The Kier molecular flexibility index (Phi) is 4.30. The van der Waals surface area contributed by atoms with Crippen molar-refractivity contribution in [3.63, 3.8) is 0 Å². The second-order valence-corrected chi connectivity index (χ2v) is 4.97. The van der Waals surface area contributed by atoms with Gasteiger partial charge in [0.15, 0.2) is 0 Å². The minimum absolute atomic E-state index is 0.00833. The van der Waals surface area contributed by atoms with Gasteiger partial charge in [-0.3, -0.25) is 16.3 Å². The third kappa shape index (κ3) is 3.07. The van der Waals surface area contributed by atoms with Crippen LogP contribution in [0.25, 0.3) is 0 Å². The maximum atomic E-state index is 5.91. The average Bonchev–Trinajstić information content (AvgIpc) is 2.38. The number of hydrogen-bond donors (Lipinski definition) is 3. The molecule has 0 aliphatic carbocycles. The third-order valence-corrected chi connectivity index (χ3v) is 3.31. The van der Waals surface area contributed by atoms with Crippen molar-refractivity contribution >= 4 is 21.6 Å². The smallest absolute Gasteiger partial charge is 0.0502 e. The number of anilines is 1. The van der Waals surface area contributed by atoms with Crippen molar-refractivity contribution in [1.29, 1.82) is 0 Å². The number of nitrogens with one attached hydrogen (secondary N) is 1. The third-order valence-electron chi connectivity index (χ3n) is 2.82. The van der Waals surface area contributed by atoms with Crippen LogP contribution in [-0.2, 0) is 6.42 Å². The number of hydrazine groups is 1. The summed E-state index contributed by atoms with van der Waals surface area (Å²) >= 11 is 3.45. The first-order valence-electron chi connectivity index (χ1n) is 5.60. The molecule has 2 aromatic rings. The van der Waals surface area contributed by atoms with Crippen molar-refractivity contribution in [2.24, 2.45) is 5.84 Å². The molecule has 1 aromatic heterocycles. The van der Waals surface area contributed by atoms with Crippen LogP contribution in [0.1, 0.15) is 17.2 Å². The second kappa shape index (κ2) is 5.95. The lowest BCUT2D eigenvalue weighted by molar-refractivity contribution is 0.551. The molecule has 4 nitrogen and oxygen atoms in total. The summed E-state index contributed by atoms with van der Waals surface area (Å²) in [5.74, 6) is 5.63. The summed E-state index contributed by atoms with van der Waals surface area (Å²) in [6, 6.07) is 9.84. The fraction of sp³-hybridized carbons (Fsp3) is 0.154.